The van der Waals surface area contributed by atoms with E-state index in [-0.39, 0.29) is 44.4 Å². The molecule has 5 rings (SSSR count). The van der Waals surface area contributed by atoms with Gasteiger partial charge in [-0.05, 0) is 59.7 Å². The number of esters is 1. The van der Waals surface area contributed by atoms with Crippen LogP contribution in [0.3, 0.4) is 0 Å². The van der Waals surface area contributed by atoms with Crippen molar-refractivity contribution in [2.45, 2.75) is 76.8 Å². The summed E-state index contributed by atoms with van der Waals surface area (Å²) >= 11 is 0. The number of nitrogens with zero attached hydrogens (tertiary/aromatic N) is 1. The van der Waals surface area contributed by atoms with E-state index >= 15 is 0 Å². The van der Waals surface area contributed by atoms with E-state index in [4.69, 9.17) is 9.47 Å². The minimum absolute atomic E-state index is 0.0269. The number of alkyl halides is 6. The molecule has 1 fully saturated rings. The fourth-order valence-corrected chi connectivity index (χ4v) is 6.21. The highest BCUT2D eigenvalue weighted by atomic mass is 19.4. The number of fused-ring (bicyclic) bond motifs is 1. The van der Waals surface area contributed by atoms with E-state index in [2.05, 4.69) is 15.6 Å². The van der Waals surface area contributed by atoms with E-state index in [0.29, 0.717) is 28.6 Å². The lowest BCUT2D eigenvalue weighted by Gasteiger charge is -2.30. The van der Waals surface area contributed by atoms with Crippen LogP contribution in [0.4, 0.5) is 31.1 Å². The molecular formula is C38H38F6N4O6. The average Bonchev–Trinajstić information content (AvgIpc) is 3.70. The molecule has 1 saturated heterocycles. The molecular weight excluding hydrogens is 722 g/mol. The first-order valence-corrected chi connectivity index (χ1v) is 17.1. The molecule has 288 valence electrons. The molecule has 1 aliphatic rings. The summed E-state index contributed by atoms with van der Waals surface area (Å²) in [5.41, 5.74) is -1.71. The van der Waals surface area contributed by atoms with Crippen molar-refractivity contribution < 1.29 is 55.0 Å². The Morgan fingerprint density at radius 2 is 1.50 bits per heavy atom. The third-order valence-electron chi connectivity index (χ3n) is 8.85. The molecule has 0 radical (unpaired) electrons. The summed E-state index contributed by atoms with van der Waals surface area (Å²) in [5, 5.41) is 5.86. The van der Waals surface area contributed by atoms with Crippen LogP contribution >= 0.6 is 0 Å². The average molecular weight is 761 g/mol. The number of hydrogen-bond donors (Lipinski definition) is 3. The van der Waals surface area contributed by atoms with Gasteiger partial charge >= 0.3 is 24.4 Å². The van der Waals surface area contributed by atoms with E-state index < -0.39 is 77.7 Å². The molecule has 0 saturated carbocycles. The number of benzene rings is 3. The van der Waals surface area contributed by atoms with Crippen LogP contribution in [0.2, 0.25) is 0 Å². The summed E-state index contributed by atoms with van der Waals surface area (Å²) in [6.07, 6.45) is -9.30. The highest BCUT2D eigenvalue weighted by Crippen LogP contribution is 2.36. The normalized spacial score (nSPS) is 16.0. The Kier molecular flexibility index (Phi) is 12.2. The van der Waals surface area contributed by atoms with Gasteiger partial charge in [0.1, 0.15) is 31.3 Å². The zero-order valence-electron chi connectivity index (χ0n) is 29.2. The molecule has 4 aromatic rings. The maximum atomic E-state index is 14.0. The number of nitrogens with one attached hydrogen (secondary N) is 3. The third-order valence-corrected chi connectivity index (χ3v) is 8.85. The van der Waals surface area contributed by atoms with Crippen molar-refractivity contribution in [3.05, 3.63) is 107 Å². The minimum atomic E-state index is -5.11. The fraction of sp³-hybridized carbons (Fsp3) is 0.368. The van der Waals surface area contributed by atoms with Crippen molar-refractivity contribution in [1.82, 2.24) is 20.5 Å². The molecule has 3 N–H and O–H groups in total. The lowest BCUT2D eigenvalue weighted by Crippen LogP contribution is -2.54. The van der Waals surface area contributed by atoms with Crippen LogP contribution in [0, 0.1) is 5.92 Å². The van der Waals surface area contributed by atoms with Gasteiger partial charge < -0.3 is 30.0 Å². The lowest BCUT2D eigenvalue weighted by molar-refractivity contribution is -0.150. The lowest BCUT2D eigenvalue weighted by atomic mass is 10.00. The third kappa shape index (κ3) is 10.1. The van der Waals surface area contributed by atoms with Gasteiger partial charge in [0.2, 0.25) is 11.8 Å². The van der Waals surface area contributed by atoms with E-state index in [1.807, 2.05) is 19.9 Å². The fourth-order valence-electron chi connectivity index (χ4n) is 6.21. The van der Waals surface area contributed by atoms with Crippen molar-refractivity contribution in [1.29, 1.82) is 0 Å². The van der Waals surface area contributed by atoms with Gasteiger partial charge in [-0.25, -0.2) is 9.59 Å². The van der Waals surface area contributed by atoms with E-state index in [1.165, 1.54) is 4.90 Å². The molecule has 54 heavy (non-hydrogen) atoms. The molecule has 3 atom stereocenters. The number of aromatic nitrogens is 1. The Balaban J connectivity index is 1.34. The topological polar surface area (TPSA) is 130 Å². The number of carbonyl (C=O) groups is 4. The van der Waals surface area contributed by atoms with Crippen molar-refractivity contribution in [3.63, 3.8) is 0 Å². The second kappa shape index (κ2) is 16.6. The Labute approximate surface area is 306 Å². The summed E-state index contributed by atoms with van der Waals surface area (Å²) in [6.45, 7) is 2.74. The van der Waals surface area contributed by atoms with Crippen LogP contribution < -0.4 is 10.6 Å². The molecule has 0 spiro atoms. The largest absolute Gasteiger partial charge is 0.459 e. The van der Waals surface area contributed by atoms with Crippen LogP contribution in [0.25, 0.3) is 10.9 Å². The summed E-state index contributed by atoms with van der Waals surface area (Å²) in [4.78, 5) is 58.0. The van der Waals surface area contributed by atoms with Crippen LogP contribution in [0.5, 0.6) is 0 Å². The smallest absolute Gasteiger partial charge is 0.416 e. The maximum Gasteiger partial charge on any atom is 0.416 e. The minimum Gasteiger partial charge on any atom is -0.459 e. The van der Waals surface area contributed by atoms with Gasteiger partial charge in [0.15, 0.2) is 0 Å². The van der Waals surface area contributed by atoms with Crippen molar-refractivity contribution in [2.75, 3.05) is 6.54 Å². The number of para-hydroxylation sites is 1. The number of H-pyrrole nitrogens is 1. The molecule has 10 nitrogen and oxygen atoms in total. The number of halogens is 6. The van der Waals surface area contributed by atoms with Gasteiger partial charge in [-0.3, -0.25) is 9.59 Å². The molecule has 0 bridgehead atoms. The molecule has 2 heterocycles. The van der Waals surface area contributed by atoms with E-state index in [0.717, 1.165) is 5.56 Å². The zero-order valence-corrected chi connectivity index (χ0v) is 29.2. The van der Waals surface area contributed by atoms with E-state index in [9.17, 15) is 45.5 Å². The molecule has 0 unspecified atom stereocenters. The number of amides is 3. The van der Waals surface area contributed by atoms with Gasteiger partial charge in [0, 0.05) is 30.1 Å². The van der Waals surface area contributed by atoms with Crippen molar-refractivity contribution in [3.8, 4) is 0 Å². The standard InChI is InChI=1S/C38H38F6N4O6/c1-22(2)14-32(48-13-12-30(34(48)50)47-36(52)54-20-23-8-4-3-5-9-23)33(49)46-31(17-25-19-45-29-11-7-6-10-28(25)29)35(51)53-21-24-15-26(37(39,40)41)18-27(16-24)38(42,43)44/h3-11,15-16,18-19,22,30-32,45H,12-14,17,20-21H2,1-2H3,(H,46,49)(H,47,52)/t30-,31-,32+/m0/s1. The van der Waals surface area contributed by atoms with E-state index in [1.54, 1.807) is 54.7 Å². The van der Waals surface area contributed by atoms with Crippen LogP contribution in [-0.4, -0.2) is 58.4 Å². The SMILES string of the molecule is CC(C)C[C@H](C(=O)N[C@@H](Cc1c[nH]c2ccccc12)C(=O)OCc1cc(C(F)(F)F)cc(C(F)(F)F)c1)N1CC[C@H](NC(=O)OCc2ccccc2)C1=O. The summed E-state index contributed by atoms with van der Waals surface area (Å²) in [6, 6.07) is 13.3. The Morgan fingerprint density at radius 1 is 0.870 bits per heavy atom. The first-order valence-electron chi connectivity index (χ1n) is 17.1. The number of alkyl carbamates (subject to hydrolysis) is 1. The summed E-state index contributed by atoms with van der Waals surface area (Å²) < 4.78 is 91.3. The van der Waals surface area contributed by atoms with Crippen LogP contribution in [0.15, 0.2) is 79.0 Å². The quantitative estimate of drug-likeness (QED) is 0.100. The van der Waals surface area contributed by atoms with Crippen molar-refractivity contribution >= 4 is 34.8 Å². The number of aromatic amines is 1. The molecule has 3 amide bonds. The molecule has 0 aliphatic carbocycles. The van der Waals surface area contributed by atoms with Crippen LogP contribution in [0.1, 0.15) is 54.5 Å². The predicted octanol–water partition coefficient (Wildman–Crippen LogP) is 6.92. The van der Waals surface area contributed by atoms with Gasteiger partial charge in [-0.15, -0.1) is 0 Å². The second-order valence-electron chi connectivity index (χ2n) is 13.4. The summed E-state index contributed by atoms with van der Waals surface area (Å²) in [7, 11) is 0. The van der Waals surface area contributed by atoms with Crippen LogP contribution in [-0.2, 0) is 55.8 Å². The number of likely N-dealkylation sites (tertiary alicyclic amines) is 1. The molecule has 1 aliphatic heterocycles. The molecule has 1 aromatic heterocycles. The Bertz CT molecular complexity index is 1930. The Morgan fingerprint density at radius 3 is 2.15 bits per heavy atom. The Hall–Kier alpha value is -5.54. The second-order valence-corrected chi connectivity index (χ2v) is 13.4. The zero-order chi connectivity index (χ0) is 39.2. The van der Waals surface area contributed by atoms with Gasteiger partial charge in [0.05, 0.1) is 11.1 Å². The monoisotopic (exact) mass is 760 g/mol. The molecule has 3 aromatic carbocycles. The van der Waals surface area contributed by atoms with Gasteiger partial charge in [-0.1, -0.05) is 62.4 Å². The molecule has 16 heteroatoms. The summed E-state index contributed by atoms with van der Waals surface area (Å²) in [5.74, 6) is -2.55. The number of ether oxygens (including phenoxy) is 2. The van der Waals surface area contributed by atoms with Crippen molar-refractivity contribution in [2.24, 2.45) is 5.92 Å². The number of carbonyl (C=O) groups excluding carboxylic acids is 4. The highest BCUT2D eigenvalue weighted by Gasteiger charge is 2.41. The number of hydrogen-bond acceptors (Lipinski definition) is 6. The maximum absolute atomic E-state index is 14.0. The predicted molar refractivity (Wildman–Crippen MR) is 183 cm³/mol. The van der Waals surface area contributed by atoms with Gasteiger partial charge in [0.25, 0.3) is 0 Å². The highest BCUT2D eigenvalue weighted by molar-refractivity contribution is 5.94. The first kappa shape index (κ1) is 39.7. The first-order chi connectivity index (χ1) is 25.5. The van der Waals surface area contributed by atoms with Gasteiger partial charge in [-0.2, -0.15) is 26.3 Å². The number of rotatable bonds is 13.